The molecule has 3 aromatic rings. The number of ether oxygens (including phenoxy) is 1. The number of carbonyl (C=O) groups is 1. The molecule has 1 atom stereocenters. The zero-order chi connectivity index (χ0) is 17.8. The molecule has 1 aromatic heterocycles. The maximum absolute atomic E-state index is 12.7. The number of hydrogen-bond acceptors (Lipinski definition) is 4. The van der Waals surface area contributed by atoms with E-state index in [1.54, 1.807) is 0 Å². The molecule has 0 saturated carbocycles. The summed E-state index contributed by atoms with van der Waals surface area (Å²) >= 11 is 3.32. The van der Waals surface area contributed by atoms with Crippen molar-refractivity contribution < 1.29 is 9.53 Å². The fourth-order valence-electron chi connectivity index (χ4n) is 2.97. The molecule has 26 heavy (non-hydrogen) atoms. The molecular formula is C21H19NO2S2. The average Bonchev–Trinajstić information content (AvgIpc) is 3.39. The van der Waals surface area contributed by atoms with Crippen LogP contribution in [0.25, 0.3) is 0 Å². The Morgan fingerprint density at radius 1 is 1.04 bits per heavy atom. The highest BCUT2D eigenvalue weighted by Crippen LogP contribution is 2.39. The minimum Gasteiger partial charge on any atom is -0.489 e. The van der Waals surface area contributed by atoms with Crippen LogP contribution < -0.4 is 4.74 Å². The SMILES string of the molecule is O=C(c1cccs1)N1CCSC1c1ccc(OCc2ccccc2)cc1. The van der Waals surface area contributed by atoms with Gasteiger partial charge in [0, 0.05) is 12.3 Å². The normalized spacial score (nSPS) is 16.6. The highest BCUT2D eigenvalue weighted by Gasteiger charge is 2.31. The molecule has 2 aromatic carbocycles. The quantitative estimate of drug-likeness (QED) is 0.607. The van der Waals surface area contributed by atoms with Crippen LogP contribution in [0.4, 0.5) is 0 Å². The van der Waals surface area contributed by atoms with E-state index in [1.165, 1.54) is 11.3 Å². The van der Waals surface area contributed by atoms with Crippen molar-refractivity contribution in [3.05, 3.63) is 88.1 Å². The molecule has 0 bridgehead atoms. The molecule has 5 heteroatoms. The van der Waals surface area contributed by atoms with Gasteiger partial charge >= 0.3 is 0 Å². The molecule has 2 heterocycles. The van der Waals surface area contributed by atoms with Crippen LogP contribution in [0, 0.1) is 0 Å². The topological polar surface area (TPSA) is 29.5 Å². The number of thiophene rings is 1. The van der Waals surface area contributed by atoms with Crippen molar-refractivity contribution in [1.82, 2.24) is 4.90 Å². The largest absolute Gasteiger partial charge is 0.489 e. The fraction of sp³-hybridized carbons (Fsp3) is 0.190. The maximum Gasteiger partial charge on any atom is 0.265 e. The van der Waals surface area contributed by atoms with E-state index in [4.69, 9.17) is 4.74 Å². The zero-order valence-corrected chi connectivity index (χ0v) is 15.8. The van der Waals surface area contributed by atoms with E-state index in [0.717, 1.165) is 34.1 Å². The summed E-state index contributed by atoms with van der Waals surface area (Å²) in [4.78, 5) is 15.5. The first-order valence-electron chi connectivity index (χ1n) is 8.54. The van der Waals surface area contributed by atoms with Gasteiger partial charge in [0.05, 0.1) is 4.88 Å². The van der Waals surface area contributed by atoms with Gasteiger partial charge in [0.25, 0.3) is 5.91 Å². The van der Waals surface area contributed by atoms with Crippen molar-refractivity contribution in [1.29, 1.82) is 0 Å². The second kappa shape index (κ2) is 7.98. The van der Waals surface area contributed by atoms with Gasteiger partial charge in [0.2, 0.25) is 0 Å². The maximum atomic E-state index is 12.7. The third-order valence-corrected chi connectivity index (χ3v) is 6.42. The fourth-order valence-corrected chi connectivity index (χ4v) is 4.90. The highest BCUT2D eigenvalue weighted by molar-refractivity contribution is 7.99. The Kier molecular flexibility index (Phi) is 5.27. The third kappa shape index (κ3) is 3.79. The lowest BCUT2D eigenvalue weighted by Gasteiger charge is -2.23. The minimum absolute atomic E-state index is 0.0766. The van der Waals surface area contributed by atoms with Gasteiger partial charge in [-0.3, -0.25) is 4.79 Å². The number of amides is 1. The predicted octanol–water partition coefficient (Wildman–Crippen LogP) is 5.21. The van der Waals surface area contributed by atoms with Crippen molar-refractivity contribution in [2.24, 2.45) is 0 Å². The Labute approximate surface area is 161 Å². The number of nitrogens with zero attached hydrogens (tertiary/aromatic N) is 1. The Balaban J connectivity index is 1.43. The Bertz CT molecular complexity index is 847. The van der Waals surface area contributed by atoms with Crippen molar-refractivity contribution in [3.63, 3.8) is 0 Å². The molecule has 4 rings (SSSR count). The van der Waals surface area contributed by atoms with E-state index >= 15 is 0 Å². The first-order chi connectivity index (χ1) is 12.8. The van der Waals surface area contributed by atoms with Gasteiger partial charge in [-0.05, 0) is 34.7 Å². The average molecular weight is 382 g/mol. The molecule has 0 radical (unpaired) electrons. The predicted molar refractivity (Wildman–Crippen MR) is 108 cm³/mol. The molecule has 1 unspecified atom stereocenters. The number of benzene rings is 2. The third-order valence-electron chi connectivity index (χ3n) is 4.30. The first-order valence-corrected chi connectivity index (χ1v) is 10.5. The molecule has 0 aliphatic carbocycles. The molecule has 1 amide bonds. The van der Waals surface area contributed by atoms with Crippen LogP contribution in [0.3, 0.4) is 0 Å². The summed E-state index contributed by atoms with van der Waals surface area (Å²) in [6, 6.07) is 22.1. The van der Waals surface area contributed by atoms with E-state index in [1.807, 2.05) is 64.5 Å². The second-order valence-corrected chi connectivity index (χ2v) is 8.18. The van der Waals surface area contributed by atoms with Crippen LogP contribution in [0.2, 0.25) is 0 Å². The molecule has 1 fully saturated rings. The van der Waals surface area contributed by atoms with Crippen molar-refractivity contribution in [2.45, 2.75) is 12.0 Å². The number of thioether (sulfide) groups is 1. The van der Waals surface area contributed by atoms with Crippen molar-refractivity contribution in [2.75, 3.05) is 12.3 Å². The van der Waals surface area contributed by atoms with E-state index in [9.17, 15) is 4.79 Å². The van der Waals surface area contributed by atoms with E-state index in [0.29, 0.717) is 6.61 Å². The van der Waals surface area contributed by atoms with Crippen molar-refractivity contribution in [3.8, 4) is 5.75 Å². The summed E-state index contributed by atoms with van der Waals surface area (Å²) < 4.78 is 5.86. The lowest BCUT2D eigenvalue weighted by molar-refractivity contribution is 0.0765. The highest BCUT2D eigenvalue weighted by atomic mass is 32.2. The van der Waals surface area contributed by atoms with E-state index in [-0.39, 0.29) is 11.3 Å². The lowest BCUT2D eigenvalue weighted by atomic mass is 10.2. The summed E-state index contributed by atoms with van der Waals surface area (Å²) in [5, 5.41) is 2.03. The van der Waals surface area contributed by atoms with Gasteiger partial charge in [-0.25, -0.2) is 0 Å². The van der Waals surface area contributed by atoms with E-state index in [2.05, 4.69) is 24.3 Å². The molecule has 0 N–H and O–H groups in total. The number of carbonyl (C=O) groups excluding carboxylic acids is 1. The van der Waals surface area contributed by atoms with Crippen LogP contribution >= 0.6 is 23.1 Å². The summed E-state index contributed by atoms with van der Waals surface area (Å²) in [6.07, 6.45) is 0. The van der Waals surface area contributed by atoms with Crippen LogP contribution in [0.5, 0.6) is 5.75 Å². The van der Waals surface area contributed by atoms with Crippen LogP contribution in [-0.4, -0.2) is 23.1 Å². The van der Waals surface area contributed by atoms with Crippen molar-refractivity contribution >= 4 is 29.0 Å². The molecular weight excluding hydrogens is 362 g/mol. The Morgan fingerprint density at radius 2 is 1.85 bits per heavy atom. The van der Waals surface area contributed by atoms with Crippen LogP contribution in [0.1, 0.15) is 26.2 Å². The van der Waals surface area contributed by atoms with Gasteiger partial charge in [0.15, 0.2) is 0 Å². The molecule has 132 valence electrons. The van der Waals surface area contributed by atoms with Gasteiger partial charge in [-0.1, -0.05) is 48.5 Å². The van der Waals surface area contributed by atoms with Gasteiger partial charge in [-0.15, -0.1) is 23.1 Å². The van der Waals surface area contributed by atoms with Gasteiger partial charge in [0.1, 0.15) is 17.7 Å². The molecule has 1 saturated heterocycles. The number of hydrogen-bond donors (Lipinski definition) is 0. The summed E-state index contributed by atoms with van der Waals surface area (Å²) in [7, 11) is 0. The van der Waals surface area contributed by atoms with Gasteiger partial charge < -0.3 is 9.64 Å². The number of rotatable bonds is 5. The second-order valence-electron chi connectivity index (χ2n) is 6.04. The lowest BCUT2D eigenvalue weighted by Crippen LogP contribution is -2.29. The Morgan fingerprint density at radius 3 is 2.58 bits per heavy atom. The first kappa shape index (κ1) is 17.2. The van der Waals surface area contributed by atoms with E-state index < -0.39 is 0 Å². The summed E-state index contributed by atoms with van der Waals surface area (Å²) in [5.74, 6) is 1.93. The summed E-state index contributed by atoms with van der Waals surface area (Å²) in [6.45, 7) is 1.35. The molecule has 1 aliphatic rings. The summed E-state index contributed by atoms with van der Waals surface area (Å²) in [5.41, 5.74) is 2.29. The zero-order valence-electron chi connectivity index (χ0n) is 14.2. The standard InChI is InChI=1S/C21H19NO2S2/c23-20(19-7-4-13-25-19)22-12-14-26-21(22)17-8-10-18(11-9-17)24-15-16-5-2-1-3-6-16/h1-11,13,21H,12,14-15H2. The monoisotopic (exact) mass is 381 g/mol. The van der Waals surface area contributed by atoms with Crippen LogP contribution in [-0.2, 0) is 6.61 Å². The molecule has 1 aliphatic heterocycles. The molecule has 0 spiro atoms. The smallest absolute Gasteiger partial charge is 0.265 e. The Hall–Kier alpha value is -2.24. The van der Waals surface area contributed by atoms with Crippen LogP contribution in [0.15, 0.2) is 72.1 Å². The molecule has 3 nitrogen and oxygen atoms in total. The minimum atomic E-state index is 0.0766. The van der Waals surface area contributed by atoms with Gasteiger partial charge in [-0.2, -0.15) is 0 Å².